The Hall–Kier alpha value is -2.66. The van der Waals surface area contributed by atoms with Gasteiger partial charge in [0.1, 0.15) is 22.2 Å². The van der Waals surface area contributed by atoms with Crippen LogP contribution in [0, 0.1) is 0 Å². The van der Waals surface area contributed by atoms with Crippen molar-refractivity contribution in [1.82, 2.24) is 0 Å². The van der Waals surface area contributed by atoms with Gasteiger partial charge in [-0.3, -0.25) is 0 Å². The van der Waals surface area contributed by atoms with Crippen LogP contribution in [0.5, 0.6) is 11.5 Å². The molecule has 0 fully saturated rings. The maximum absolute atomic E-state index is 12.4. The summed E-state index contributed by atoms with van der Waals surface area (Å²) in [5, 5.41) is 20.4. The minimum Gasteiger partial charge on any atom is -0.508 e. The SMILES string of the molecule is O=c1oc2c(c(O)c1SCc1ccccc1)CCc1ccc(O)cc1-2. The van der Waals surface area contributed by atoms with Crippen LogP contribution in [0.3, 0.4) is 0 Å². The molecule has 1 aliphatic rings. The molecule has 0 aliphatic heterocycles. The summed E-state index contributed by atoms with van der Waals surface area (Å²) in [6.07, 6.45) is 1.33. The Morgan fingerprint density at radius 2 is 1.84 bits per heavy atom. The van der Waals surface area contributed by atoms with Gasteiger partial charge in [-0.15, -0.1) is 11.8 Å². The molecule has 126 valence electrons. The van der Waals surface area contributed by atoms with Crippen molar-refractivity contribution in [3.8, 4) is 22.8 Å². The molecule has 1 heterocycles. The van der Waals surface area contributed by atoms with E-state index in [1.165, 1.54) is 11.8 Å². The van der Waals surface area contributed by atoms with Crippen molar-refractivity contribution < 1.29 is 14.6 Å². The summed E-state index contributed by atoms with van der Waals surface area (Å²) in [4.78, 5) is 12.7. The highest BCUT2D eigenvalue weighted by molar-refractivity contribution is 7.98. The highest BCUT2D eigenvalue weighted by Gasteiger charge is 2.26. The van der Waals surface area contributed by atoms with Crippen LogP contribution >= 0.6 is 11.8 Å². The molecule has 2 N–H and O–H groups in total. The van der Waals surface area contributed by atoms with Crippen LogP contribution in [0.15, 0.2) is 62.6 Å². The average molecular weight is 352 g/mol. The molecule has 4 rings (SSSR count). The smallest absolute Gasteiger partial charge is 0.353 e. The molecule has 3 aromatic rings. The number of benzene rings is 2. The summed E-state index contributed by atoms with van der Waals surface area (Å²) in [6.45, 7) is 0. The number of hydrogen-bond acceptors (Lipinski definition) is 5. The van der Waals surface area contributed by atoms with Gasteiger partial charge in [0.15, 0.2) is 0 Å². The lowest BCUT2D eigenvalue weighted by Gasteiger charge is -2.20. The van der Waals surface area contributed by atoms with Crippen LogP contribution in [0.1, 0.15) is 16.7 Å². The van der Waals surface area contributed by atoms with Crippen LogP contribution < -0.4 is 5.63 Å². The molecule has 0 amide bonds. The lowest BCUT2D eigenvalue weighted by molar-refractivity contribution is 0.417. The van der Waals surface area contributed by atoms with E-state index in [4.69, 9.17) is 4.42 Å². The summed E-state index contributed by atoms with van der Waals surface area (Å²) in [6, 6.07) is 14.8. The third-order valence-corrected chi connectivity index (χ3v) is 5.49. The van der Waals surface area contributed by atoms with Gasteiger partial charge in [0.25, 0.3) is 0 Å². The second-order valence-electron chi connectivity index (χ2n) is 5.99. The summed E-state index contributed by atoms with van der Waals surface area (Å²) in [5.74, 6) is 1.05. The van der Waals surface area contributed by atoms with Crippen LogP contribution in [0.2, 0.25) is 0 Å². The fraction of sp³-hybridized carbons (Fsp3) is 0.150. The minimum absolute atomic E-state index is 0.00109. The Morgan fingerprint density at radius 1 is 1.04 bits per heavy atom. The summed E-state index contributed by atoms with van der Waals surface area (Å²) in [7, 11) is 0. The van der Waals surface area contributed by atoms with E-state index in [1.807, 2.05) is 36.4 Å². The van der Waals surface area contributed by atoms with Gasteiger partial charge < -0.3 is 14.6 Å². The maximum atomic E-state index is 12.4. The molecular formula is C20H16O4S. The minimum atomic E-state index is -0.548. The van der Waals surface area contributed by atoms with Crippen LogP contribution in [-0.2, 0) is 18.6 Å². The number of thioether (sulfide) groups is 1. The second kappa shape index (κ2) is 6.33. The van der Waals surface area contributed by atoms with E-state index in [1.54, 1.807) is 12.1 Å². The molecule has 0 spiro atoms. The van der Waals surface area contributed by atoms with Crippen molar-refractivity contribution in [3.05, 3.63) is 75.6 Å². The van der Waals surface area contributed by atoms with E-state index in [2.05, 4.69) is 0 Å². The van der Waals surface area contributed by atoms with Gasteiger partial charge in [0.2, 0.25) is 0 Å². The molecule has 0 saturated carbocycles. The van der Waals surface area contributed by atoms with Crippen LogP contribution in [0.4, 0.5) is 0 Å². The predicted octanol–water partition coefficient (Wildman–Crippen LogP) is 4.11. The standard InChI is InChI=1S/C20H16O4S/c21-14-8-6-13-7-9-15-17(22)19(20(23)24-18(15)16(13)10-14)25-11-12-4-2-1-3-5-12/h1-6,8,10,21-22H,7,9,11H2. The highest BCUT2D eigenvalue weighted by atomic mass is 32.2. The van der Waals surface area contributed by atoms with E-state index < -0.39 is 5.63 Å². The van der Waals surface area contributed by atoms with Crippen LogP contribution in [-0.4, -0.2) is 10.2 Å². The van der Waals surface area contributed by atoms with E-state index >= 15 is 0 Å². The molecule has 0 unspecified atom stereocenters. The lowest BCUT2D eigenvalue weighted by atomic mass is 9.89. The molecule has 1 aromatic heterocycles. The molecule has 1 aliphatic carbocycles. The number of fused-ring (bicyclic) bond motifs is 3. The lowest BCUT2D eigenvalue weighted by Crippen LogP contribution is -2.11. The first-order valence-corrected chi connectivity index (χ1v) is 9.00. The second-order valence-corrected chi connectivity index (χ2v) is 6.98. The summed E-state index contributed by atoms with van der Waals surface area (Å²) in [5.41, 5.74) is 2.83. The number of aryl methyl sites for hydroxylation is 1. The zero-order chi connectivity index (χ0) is 17.4. The molecule has 0 radical (unpaired) electrons. The number of rotatable bonds is 3. The van der Waals surface area contributed by atoms with Crippen molar-refractivity contribution >= 4 is 11.8 Å². The van der Waals surface area contributed by atoms with Gasteiger partial charge in [-0.25, -0.2) is 4.79 Å². The molecule has 5 heteroatoms. The zero-order valence-corrected chi connectivity index (χ0v) is 14.2. The first-order chi connectivity index (χ1) is 12.1. The topological polar surface area (TPSA) is 70.7 Å². The summed E-state index contributed by atoms with van der Waals surface area (Å²) >= 11 is 1.28. The van der Waals surface area contributed by atoms with Crippen molar-refractivity contribution in [2.24, 2.45) is 0 Å². The van der Waals surface area contributed by atoms with Crippen molar-refractivity contribution in [1.29, 1.82) is 0 Å². The molecule has 4 nitrogen and oxygen atoms in total. The average Bonchev–Trinajstić information content (AvgIpc) is 2.62. The van der Waals surface area contributed by atoms with Crippen molar-refractivity contribution in [3.63, 3.8) is 0 Å². The van der Waals surface area contributed by atoms with E-state index in [9.17, 15) is 15.0 Å². The highest BCUT2D eigenvalue weighted by Crippen LogP contribution is 2.42. The van der Waals surface area contributed by atoms with Gasteiger partial charge >= 0.3 is 5.63 Å². The summed E-state index contributed by atoms with van der Waals surface area (Å²) < 4.78 is 5.53. The molecular weight excluding hydrogens is 336 g/mol. The Bertz CT molecular complexity index is 993. The third kappa shape index (κ3) is 2.91. The van der Waals surface area contributed by atoms with E-state index in [0.29, 0.717) is 29.1 Å². The number of aromatic hydroxyl groups is 2. The van der Waals surface area contributed by atoms with Gasteiger partial charge in [0.05, 0.1) is 0 Å². The molecule has 0 saturated heterocycles. The molecule has 0 atom stereocenters. The monoisotopic (exact) mass is 352 g/mol. The van der Waals surface area contributed by atoms with Gasteiger partial charge in [-0.2, -0.15) is 0 Å². The Balaban J connectivity index is 1.74. The first kappa shape index (κ1) is 15.8. The fourth-order valence-electron chi connectivity index (χ4n) is 3.10. The van der Waals surface area contributed by atoms with Gasteiger partial charge in [-0.05, 0) is 36.1 Å². The third-order valence-electron chi connectivity index (χ3n) is 4.36. The molecule has 25 heavy (non-hydrogen) atoms. The van der Waals surface area contributed by atoms with Crippen molar-refractivity contribution in [2.45, 2.75) is 23.5 Å². The zero-order valence-electron chi connectivity index (χ0n) is 13.4. The Labute approximate surface area is 148 Å². The van der Waals surface area contributed by atoms with Crippen molar-refractivity contribution in [2.75, 3.05) is 0 Å². The largest absolute Gasteiger partial charge is 0.508 e. The van der Waals surface area contributed by atoms with Gasteiger partial charge in [-0.1, -0.05) is 36.4 Å². The Kier molecular flexibility index (Phi) is 4.01. The Morgan fingerprint density at radius 3 is 2.64 bits per heavy atom. The number of phenolic OH excluding ortho intramolecular Hbond substituents is 1. The quantitative estimate of drug-likeness (QED) is 0.694. The van der Waals surface area contributed by atoms with Crippen LogP contribution in [0.25, 0.3) is 11.3 Å². The van der Waals surface area contributed by atoms with E-state index in [-0.39, 0.29) is 16.4 Å². The fourth-order valence-corrected chi connectivity index (χ4v) is 4.02. The molecule has 0 bridgehead atoms. The predicted molar refractivity (Wildman–Crippen MR) is 97.2 cm³/mol. The van der Waals surface area contributed by atoms with E-state index in [0.717, 1.165) is 17.5 Å². The van der Waals surface area contributed by atoms with Gasteiger partial charge in [0, 0.05) is 16.9 Å². The number of hydrogen-bond donors (Lipinski definition) is 2. The molecule has 2 aromatic carbocycles. The first-order valence-electron chi connectivity index (χ1n) is 8.01. The maximum Gasteiger partial charge on any atom is 0.353 e. The number of phenols is 1. The normalized spacial score (nSPS) is 12.5.